The monoisotopic (exact) mass is 288 g/mol. The molecular formula is C11H12O9. The third-order valence-electron chi connectivity index (χ3n) is 2.01. The van der Waals surface area contributed by atoms with E-state index in [0.29, 0.717) is 24.3 Å². The van der Waals surface area contributed by atoms with Gasteiger partial charge in [-0.05, 0) is 12.2 Å². The number of carbonyl (C=O) groups excluding carboxylic acids is 2. The maximum Gasteiger partial charge on any atom is 0.328 e. The van der Waals surface area contributed by atoms with Crippen LogP contribution in [0.15, 0.2) is 24.3 Å². The fourth-order valence-corrected chi connectivity index (χ4v) is 1.01. The van der Waals surface area contributed by atoms with Gasteiger partial charge < -0.3 is 25.5 Å². The Bertz CT molecular complexity index is 421. The van der Waals surface area contributed by atoms with Crippen molar-refractivity contribution in [2.24, 2.45) is 0 Å². The highest BCUT2D eigenvalue weighted by molar-refractivity contribution is 6.01. The van der Waals surface area contributed by atoms with E-state index >= 15 is 0 Å². The molecule has 110 valence electrons. The zero-order chi connectivity index (χ0) is 15.9. The number of aliphatic hydroxyl groups excluding tert-OH is 3. The van der Waals surface area contributed by atoms with E-state index in [2.05, 4.69) is 0 Å². The standard InChI is InChI=1S/C11H12O9/c12-5(1-3-7(14)15)9(18)11(20)10(19)6(13)2-4-8(16)17/h1-4,9-11,18-20H,(H,14,15)(H,16,17)/b3-1+,4-2+. The molecule has 0 saturated carbocycles. The number of aliphatic hydroxyl groups is 3. The van der Waals surface area contributed by atoms with Gasteiger partial charge in [0.25, 0.3) is 0 Å². The van der Waals surface area contributed by atoms with Crippen molar-refractivity contribution in [2.45, 2.75) is 18.3 Å². The van der Waals surface area contributed by atoms with E-state index in [9.17, 15) is 34.5 Å². The quantitative estimate of drug-likeness (QED) is 0.302. The van der Waals surface area contributed by atoms with Gasteiger partial charge in [0, 0.05) is 12.2 Å². The van der Waals surface area contributed by atoms with Crippen LogP contribution in [0.5, 0.6) is 0 Å². The molecule has 0 aliphatic rings. The molecule has 0 bridgehead atoms. The van der Waals surface area contributed by atoms with E-state index < -0.39 is 41.8 Å². The molecule has 0 aromatic carbocycles. The first-order valence-electron chi connectivity index (χ1n) is 5.10. The average Bonchev–Trinajstić information content (AvgIpc) is 2.39. The third-order valence-corrected chi connectivity index (χ3v) is 2.01. The second-order valence-corrected chi connectivity index (χ2v) is 3.53. The summed E-state index contributed by atoms with van der Waals surface area (Å²) in [6.07, 6.45) is -5.01. The lowest BCUT2D eigenvalue weighted by Gasteiger charge is -2.19. The summed E-state index contributed by atoms with van der Waals surface area (Å²) in [5.74, 6) is -5.43. The van der Waals surface area contributed by atoms with Crippen LogP contribution in [-0.4, -0.2) is 67.3 Å². The van der Waals surface area contributed by atoms with Crippen molar-refractivity contribution in [3.63, 3.8) is 0 Å². The largest absolute Gasteiger partial charge is 0.478 e. The Hall–Kier alpha value is -2.36. The Labute approximate surface area is 112 Å². The van der Waals surface area contributed by atoms with E-state index in [0.717, 1.165) is 0 Å². The highest BCUT2D eigenvalue weighted by Gasteiger charge is 2.32. The molecule has 0 aliphatic heterocycles. The van der Waals surface area contributed by atoms with Gasteiger partial charge in [-0.25, -0.2) is 9.59 Å². The number of ketones is 2. The Kier molecular flexibility index (Phi) is 7.00. The Morgan fingerprint density at radius 2 is 0.950 bits per heavy atom. The summed E-state index contributed by atoms with van der Waals surface area (Å²) in [7, 11) is 0. The summed E-state index contributed by atoms with van der Waals surface area (Å²) in [5, 5.41) is 44.5. The van der Waals surface area contributed by atoms with Crippen molar-refractivity contribution >= 4 is 23.5 Å². The first-order valence-corrected chi connectivity index (χ1v) is 5.10. The summed E-state index contributed by atoms with van der Waals surface area (Å²) in [4.78, 5) is 42.6. The van der Waals surface area contributed by atoms with E-state index in [1.807, 2.05) is 0 Å². The topological polar surface area (TPSA) is 169 Å². The van der Waals surface area contributed by atoms with Crippen molar-refractivity contribution in [3.8, 4) is 0 Å². The van der Waals surface area contributed by atoms with Crippen LogP contribution in [0.3, 0.4) is 0 Å². The molecule has 2 atom stereocenters. The maximum absolute atomic E-state index is 11.2. The van der Waals surface area contributed by atoms with E-state index in [-0.39, 0.29) is 0 Å². The molecule has 0 rings (SSSR count). The molecule has 20 heavy (non-hydrogen) atoms. The zero-order valence-electron chi connectivity index (χ0n) is 9.91. The van der Waals surface area contributed by atoms with Gasteiger partial charge in [0.2, 0.25) is 0 Å². The highest BCUT2D eigenvalue weighted by atomic mass is 16.4. The Morgan fingerprint density at radius 3 is 1.20 bits per heavy atom. The minimum Gasteiger partial charge on any atom is -0.478 e. The third kappa shape index (κ3) is 6.00. The van der Waals surface area contributed by atoms with Gasteiger partial charge in [-0.15, -0.1) is 0 Å². The van der Waals surface area contributed by atoms with Gasteiger partial charge in [-0.3, -0.25) is 9.59 Å². The summed E-state index contributed by atoms with van der Waals surface area (Å²) in [5.41, 5.74) is 0. The predicted octanol–water partition coefficient (Wildman–Crippen LogP) is -2.51. The molecule has 0 amide bonds. The zero-order valence-corrected chi connectivity index (χ0v) is 9.91. The van der Waals surface area contributed by atoms with Crippen LogP contribution in [0.1, 0.15) is 0 Å². The normalized spacial score (nSPS) is 15.9. The summed E-state index contributed by atoms with van der Waals surface area (Å²) < 4.78 is 0. The molecule has 9 nitrogen and oxygen atoms in total. The Morgan fingerprint density at radius 1 is 0.650 bits per heavy atom. The number of rotatable bonds is 8. The van der Waals surface area contributed by atoms with Gasteiger partial charge in [-0.2, -0.15) is 0 Å². The SMILES string of the molecule is O=C(O)/C=C/C(=O)C(O)C(O)C(O)C(=O)/C=C/C(=O)O. The summed E-state index contributed by atoms with van der Waals surface area (Å²) >= 11 is 0. The molecule has 9 heteroatoms. The number of aliphatic carboxylic acids is 2. The molecule has 0 aromatic rings. The van der Waals surface area contributed by atoms with Crippen LogP contribution in [0.25, 0.3) is 0 Å². The number of carboxylic acids is 2. The summed E-state index contributed by atoms with van der Waals surface area (Å²) in [6, 6.07) is 0. The number of carboxylic acid groups (broad SMARTS) is 2. The smallest absolute Gasteiger partial charge is 0.328 e. The number of carbonyl (C=O) groups is 4. The number of hydrogen-bond donors (Lipinski definition) is 5. The van der Waals surface area contributed by atoms with Crippen LogP contribution in [0, 0.1) is 0 Å². The van der Waals surface area contributed by atoms with E-state index in [1.54, 1.807) is 0 Å². The van der Waals surface area contributed by atoms with Crippen LogP contribution in [0.2, 0.25) is 0 Å². The molecule has 0 saturated heterocycles. The fourth-order valence-electron chi connectivity index (χ4n) is 1.01. The second kappa shape index (κ2) is 7.94. The molecule has 0 radical (unpaired) electrons. The van der Waals surface area contributed by atoms with E-state index in [4.69, 9.17) is 10.2 Å². The first kappa shape index (κ1) is 17.6. The minimum absolute atomic E-state index is 0.400. The lowest BCUT2D eigenvalue weighted by molar-refractivity contribution is -0.142. The van der Waals surface area contributed by atoms with Crippen molar-refractivity contribution in [1.82, 2.24) is 0 Å². The van der Waals surface area contributed by atoms with Gasteiger partial charge in [-0.1, -0.05) is 0 Å². The number of hydrogen-bond acceptors (Lipinski definition) is 7. The second-order valence-electron chi connectivity index (χ2n) is 3.53. The maximum atomic E-state index is 11.2. The first-order chi connectivity index (χ1) is 9.16. The van der Waals surface area contributed by atoms with Crippen molar-refractivity contribution in [3.05, 3.63) is 24.3 Å². The van der Waals surface area contributed by atoms with Crippen molar-refractivity contribution in [2.75, 3.05) is 0 Å². The predicted molar refractivity (Wildman–Crippen MR) is 61.6 cm³/mol. The molecule has 0 fully saturated rings. The van der Waals surface area contributed by atoms with Crippen molar-refractivity contribution < 1.29 is 44.7 Å². The molecule has 2 unspecified atom stereocenters. The fraction of sp³-hybridized carbons (Fsp3) is 0.273. The van der Waals surface area contributed by atoms with Gasteiger partial charge in [0.15, 0.2) is 11.6 Å². The average molecular weight is 288 g/mol. The minimum atomic E-state index is -2.23. The summed E-state index contributed by atoms with van der Waals surface area (Å²) in [6.45, 7) is 0. The van der Waals surface area contributed by atoms with E-state index in [1.165, 1.54) is 0 Å². The lowest BCUT2D eigenvalue weighted by Crippen LogP contribution is -2.45. The van der Waals surface area contributed by atoms with Crippen LogP contribution in [0.4, 0.5) is 0 Å². The van der Waals surface area contributed by atoms with Gasteiger partial charge >= 0.3 is 11.9 Å². The Balaban J connectivity index is 4.75. The van der Waals surface area contributed by atoms with Crippen LogP contribution >= 0.6 is 0 Å². The molecule has 0 aliphatic carbocycles. The lowest BCUT2D eigenvalue weighted by atomic mass is 10.0. The molecule has 0 aromatic heterocycles. The molecular weight excluding hydrogens is 276 g/mol. The molecule has 0 heterocycles. The highest BCUT2D eigenvalue weighted by Crippen LogP contribution is 2.05. The van der Waals surface area contributed by atoms with Crippen molar-refractivity contribution in [1.29, 1.82) is 0 Å². The van der Waals surface area contributed by atoms with Gasteiger partial charge in [0.1, 0.15) is 18.3 Å². The van der Waals surface area contributed by atoms with Gasteiger partial charge in [0.05, 0.1) is 0 Å². The molecule has 5 N–H and O–H groups in total. The molecule has 0 spiro atoms. The van der Waals surface area contributed by atoms with Crippen LogP contribution < -0.4 is 0 Å². The van der Waals surface area contributed by atoms with Crippen LogP contribution in [-0.2, 0) is 19.2 Å².